The maximum Gasteiger partial charge on any atom is 0.144 e. The molecule has 2 heterocycles. The lowest BCUT2D eigenvalue weighted by molar-refractivity contribution is 0.596. The van der Waals surface area contributed by atoms with E-state index in [9.17, 15) is 0 Å². The summed E-state index contributed by atoms with van der Waals surface area (Å²) in [7, 11) is 60.6. The van der Waals surface area contributed by atoms with E-state index in [2.05, 4.69) is 230 Å². The summed E-state index contributed by atoms with van der Waals surface area (Å²) in [5.74, 6) is 0. The van der Waals surface area contributed by atoms with Crippen molar-refractivity contribution < 1.29 is 8.83 Å². The van der Waals surface area contributed by atoms with Crippen molar-refractivity contribution in [1.82, 2.24) is 0 Å². The van der Waals surface area contributed by atoms with Gasteiger partial charge in [-0.2, -0.15) is 0 Å². The highest BCUT2D eigenvalue weighted by Gasteiger charge is 2.35. The Bertz CT molecular complexity index is 4050. The minimum Gasteiger partial charge on any atom is -0.457 e. The molecule has 2 aromatic heterocycles. The molecule has 0 fully saturated rings. The van der Waals surface area contributed by atoms with Gasteiger partial charge in [0.15, 0.2) is 0 Å². The summed E-state index contributed by atoms with van der Waals surface area (Å²) in [6, 6.07) is 0. The summed E-state index contributed by atoms with van der Waals surface area (Å²) < 4.78 is 15.0. The zero-order chi connectivity index (χ0) is 55.7. The molecule has 0 aliphatic rings. The Morgan fingerprint density at radius 2 is 0.467 bits per heavy atom. The molecule has 0 spiro atoms. The van der Waals surface area contributed by atoms with Gasteiger partial charge in [-0.25, -0.2) is 0 Å². The average Bonchev–Trinajstić information content (AvgIpc) is 3.96. The fourth-order valence-corrected chi connectivity index (χ4v) is 14.4. The molecule has 29 heteroatoms. The van der Waals surface area contributed by atoms with E-state index < -0.39 is 0 Å². The molecule has 0 aliphatic heterocycles. The van der Waals surface area contributed by atoms with Crippen LogP contribution < -0.4 is 147 Å². The predicted molar refractivity (Wildman–Crippen MR) is 418 cm³/mol. The third-order valence-electron chi connectivity index (χ3n) is 20.5. The van der Waals surface area contributed by atoms with Crippen molar-refractivity contribution in [2.75, 3.05) is 4.90 Å². The van der Waals surface area contributed by atoms with Gasteiger partial charge in [0.05, 0.1) is 22.1 Å². The van der Waals surface area contributed by atoms with E-state index in [4.69, 9.17) is 8.83 Å². The van der Waals surface area contributed by atoms with Gasteiger partial charge in [0, 0.05) is 16.5 Å². The number of anilines is 3. The van der Waals surface area contributed by atoms with Gasteiger partial charge in [0.25, 0.3) is 0 Å². The number of hydrogen-bond donors (Lipinski definition) is 0. The van der Waals surface area contributed by atoms with Crippen LogP contribution in [0.3, 0.4) is 0 Å². The van der Waals surface area contributed by atoms with E-state index in [1.54, 1.807) is 0 Å². The molecule has 0 saturated carbocycles. The zero-order valence-electron chi connectivity index (χ0n) is 51.8. The Morgan fingerprint density at radius 1 is 0.227 bits per heavy atom. The van der Waals surface area contributed by atoms with E-state index in [0.717, 1.165) is 22.3 Å². The summed E-state index contributed by atoms with van der Waals surface area (Å²) >= 11 is 0. The zero-order valence-corrected chi connectivity index (χ0v) is 51.8. The molecule has 7 aromatic carbocycles. The summed E-state index contributed by atoms with van der Waals surface area (Å²) in [5.41, 5.74) is 48.1. The minimum absolute atomic E-state index is 0.0666. The molecular weight excluding hydrogens is 880 g/mol. The first-order chi connectivity index (χ1) is 34.8. The standard InChI is InChI=1S/C46H61B26NO2/c1-46(2,3)12-22(56)21(55)9-11-40(35(69)31(65)38(72)45(11)74-42(9)23(12)57)73(41-32(66)18(52)7(19(53)33(41)67)6-16(50)26(60)29(63)27(61)17(6)51)39-10-8-13(47)4(5-14(48)24(58)28(62)25(59)15(5)49)20(54)36(70)43(8)75-44(10)37(71)30(64)34(39)68/h47-72H2,1-3H3. The number of benzene rings is 7. The van der Waals surface area contributed by atoms with Crippen molar-refractivity contribution in [3.05, 3.63) is 5.56 Å². The Labute approximate surface area is 471 Å². The average molecular weight is 941 g/mol. The first-order valence-electron chi connectivity index (χ1n) is 27.7. The van der Waals surface area contributed by atoms with Gasteiger partial charge in [-0.15, -0.1) is 32.8 Å². The molecule has 0 aliphatic carbocycles. The van der Waals surface area contributed by atoms with Crippen LogP contribution in [-0.2, 0) is 5.41 Å². The molecule has 0 atom stereocenters. The van der Waals surface area contributed by atoms with Crippen LogP contribution in [0.15, 0.2) is 8.83 Å². The first kappa shape index (κ1) is 55.4. The third-order valence-corrected chi connectivity index (χ3v) is 20.5. The lowest BCUT2D eigenvalue weighted by Gasteiger charge is -2.37. The van der Waals surface area contributed by atoms with Gasteiger partial charge in [-0.3, -0.25) is 0 Å². The van der Waals surface area contributed by atoms with E-state index in [0.29, 0.717) is 0 Å². The molecule has 9 rings (SSSR count). The van der Waals surface area contributed by atoms with E-state index >= 15 is 0 Å². The Hall–Kier alpha value is -4.37. The van der Waals surface area contributed by atoms with Crippen molar-refractivity contribution >= 4 is 407 Å². The maximum atomic E-state index is 7.50. The number of rotatable bonds is 5. The smallest absolute Gasteiger partial charge is 0.144 e. The summed E-state index contributed by atoms with van der Waals surface area (Å²) in [4.78, 5) is 2.74. The minimum atomic E-state index is -0.0666. The van der Waals surface area contributed by atoms with E-state index in [-0.39, 0.29) is 5.41 Å². The fraction of sp³-hybridized carbons (Fsp3) is 0.0870. The van der Waals surface area contributed by atoms with Gasteiger partial charge >= 0.3 is 0 Å². The van der Waals surface area contributed by atoms with Crippen LogP contribution >= 0.6 is 0 Å². The van der Waals surface area contributed by atoms with Crippen molar-refractivity contribution in [3.8, 4) is 22.3 Å². The van der Waals surface area contributed by atoms with Crippen molar-refractivity contribution in [2.24, 2.45) is 0 Å². The summed E-state index contributed by atoms with van der Waals surface area (Å²) in [6.07, 6.45) is 0. The van der Waals surface area contributed by atoms with E-state index in [1.165, 1.54) is 208 Å². The Balaban J connectivity index is 1.60. The molecule has 0 N–H and O–H groups in total. The monoisotopic (exact) mass is 946 g/mol. The molecule has 9 aromatic rings. The van der Waals surface area contributed by atoms with Crippen LogP contribution in [0, 0.1) is 0 Å². The number of hydrogen-bond acceptors (Lipinski definition) is 3. The second-order valence-electron chi connectivity index (χ2n) is 24.8. The molecule has 0 saturated heterocycles. The fourth-order valence-electron chi connectivity index (χ4n) is 14.4. The molecule has 0 amide bonds. The van der Waals surface area contributed by atoms with Crippen LogP contribution in [0.2, 0.25) is 0 Å². The number of nitrogens with zero attached hydrogens (tertiary/aromatic N) is 1. The molecular formula is C46H61B26NO2. The van der Waals surface area contributed by atoms with Crippen LogP contribution in [0.4, 0.5) is 17.1 Å². The molecule has 75 heavy (non-hydrogen) atoms. The van der Waals surface area contributed by atoms with Crippen LogP contribution in [-0.4, -0.2) is 204 Å². The SMILES string of the molecule is Bc1c(B)c(B)c(-c2c(B)c(B)c(N(c3c(B)c(B)c(B)c4oc5c(B)c(C(C)(C)C)c(B)c(B)c5c34)c3c(B)c(B)c(B)c4oc5c(B)c(B)c(-c6c(B)c(B)c(B)c(B)c6B)c(B)c5c34)c(B)c2B)c(B)c1B. The molecule has 0 radical (unpaired) electrons. The topological polar surface area (TPSA) is 29.5 Å². The van der Waals surface area contributed by atoms with Crippen molar-refractivity contribution in [2.45, 2.75) is 26.2 Å². The molecule has 340 valence electrons. The van der Waals surface area contributed by atoms with Crippen molar-refractivity contribution in [3.63, 3.8) is 0 Å². The highest BCUT2D eigenvalue weighted by Crippen LogP contribution is 2.43. The van der Waals surface area contributed by atoms with E-state index in [1.807, 2.05) is 0 Å². The van der Waals surface area contributed by atoms with Gasteiger partial charge in [-0.05, 0) is 33.1 Å². The highest BCUT2D eigenvalue weighted by atomic mass is 16.3. The lowest BCUT2D eigenvalue weighted by atomic mass is 9.56. The lowest BCUT2D eigenvalue weighted by Crippen LogP contribution is -2.57. The van der Waals surface area contributed by atoms with Gasteiger partial charge in [-0.1, -0.05) is 130 Å². The van der Waals surface area contributed by atoms with Gasteiger partial charge < -0.3 is 13.7 Å². The van der Waals surface area contributed by atoms with Gasteiger partial charge in [0.2, 0.25) is 0 Å². The third kappa shape index (κ3) is 7.53. The number of fused-ring (bicyclic) bond motifs is 6. The summed E-state index contributed by atoms with van der Waals surface area (Å²) in [6.45, 7) is 7.03. The van der Waals surface area contributed by atoms with Crippen LogP contribution in [0.1, 0.15) is 26.3 Å². The van der Waals surface area contributed by atoms with Crippen molar-refractivity contribution in [1.29, 1.82) is 0 Å². The first-order valence-corrected chi connectivity index (χ1v) is 27.7. The van der Waals surface area contributed by atoms with Crippen LogP contribution in [0.25, 0.3) is 66.1 Å². The normalized spacial score (nSPS) is 12.0. The largest absolute Gasteiger partial charge is 0.457 e. The van der Waals surface area contributed by atoms with Crippen LogP contribution in [0.5, 0.6) is 0 Å². The molecule has 3 nitrogen and oxygen atoms in total. The predicted octanol–water partition coefficient (Wildman–Crippen LogP) is -31.7. The Morgan fingerprint density at radius 3 is 0.827 bits per heavy atom. The Kier molecular flexibility index (Phi) is 13.8. The maximum absolute atomic E-state index is 7.50. The molecule has 0 unspecified atom stereocenters. The quantitative estimate of drug-likeness (QED) is 0.161. The second-order valence-corrected chi connectivity index (χ2v) is 24.8. The van der Waals surface area contributed by atoms with Gasteiger partial charge in [0.1, 0.15) is 226 Å². The summed E-state index contributed by atoms with van der Waals surface area (Å²) in [5, 5.41) is 4.78. The highest BCUT2D eigenvalue weighted by molar-refractivity contribution is 6.74. The number of furan rings is 2. The second kappa shape index (κ2) is 18.6. The molecule has 0 bridgehead atoms.